The monoisotopic (exact) mass is 232 g/mol. The summed E-state index contributed by atoms with van der Waals surface area (Å²) in [4.78, 5) is 11.3. The molecule has 0 aliphatic heterocycles. The highest BCUT2D eigenvalue weighted by atomic mass is 16.5. The summed E-state index contributed by atoms with van der Waals surface area (Å²) in [6.07, 6.45) is 0. The van der Waals surface area contributed by atoms with Gasteiger partial charge in [0, 0.05) is 0 Å². The Morgan fingerprint density at radius 3 is 2.35 bits per heavy atom. The standard InChI is InChI=1S/C13H12O4/c1-7(14)9-5-3-8-4-6-10(17-2)13(16)11(8)12(9)15/h3-6,15-16H,1-2H3. The number of hydrogen-bond acceptors (Lipinski definition) is 4. The van der Waals surface area contributed by atoms with Gasteiger partial charge in [-0.3, -0.25) is 4.79 Å². The number of aromatic hydroxyl groups is 2. The molecule has 2 rings (SSSR count). The Hall–Kier alpha value is -2.23. The lowest BCUT2D eigenvalue weighted by Gasteiger charge is -2.10. The van der Waals surface area contributed by atoms with Crippen molar-refractivity contribution < 1.29 is 19.7 Å². The summed E-state index contributed by atoms with van der Waals surface area (Å²) in [5.74, 6) is -0.378. The van der Waals surface area contributed by atoms with Gasteiger partial charge in [0.1, 0.15) is 5.75 Å². The Kier molecular flexibility index (Phi) is 2.63. The van der Waals surface area contributed by atoms with Gasteiger partial charge in [-0.25, -0.2) is 0 Å². The molecule has 0 saturated heterocycles. The maximum absolute atomic E-state index is 11.3. The number of methoxy groups -OCH3 is 1. The summed E-state index contributed by atoms with van der Waals surface area (Å²) in [6, 6.07) is 6.51. The molecule has 0 aliphatic rings. The van der Waals surface area contributed by atoms with Crippen LogP contribution in [0.3, 0.4) is 0 Å². The molecular formula is C13H12O4. The number of Topliss-reactive ketones (excluding diaryl/α,β-unsaturated/α-hetero) is 1. The number of carbonyl (C=O) groups is 1. The van der Waals surface area contributed by atoms with Crippen molar-refractivity contribution >= 4 is 16.6 Å². The van der Waals surface area contributed by atoms with Gasteiger partial charge in [-0.1, -0.05) is 12.1 Å². The van der Waals surface area contributed by atoms with Gasteiger partial charge >= 0.3 is 0 Å². The summed E-state index contributed by atoms with van der Waals surface area (Å²) in [5, 5.41) is 20.8. The van der Waals surface area contributed by atoms with Crippen molar-refractivity contribution in [1.82, 2.24) is 0 Å². The van der Waals surface area contributed by atoms with E-state index in [0.29, 0.717) is 5.39 Å². The largest absolute Gasteiger partial charge is 0.506 e. The second-order valence-electron chi connectivity index (χ2n) is 3.73. The van der Waals surface area contributed by atoms with Crippen LogP contribution in [-0.2, 0) is 0 Å². The van der Waals surface area contributed by atoms with E-state index in [9.17, 15) is 15.0 Å². The Labute approximate surface area is 98.1 Å². The third kappa shape index (κ3) is 1.67. The summed E-state index contributed by atoms with van der Waals surface area (Å²) in [7, 11) is 1.42. The molecular weight excluding hydrogens is 220 g/mol. The first kappa shape index (κ1) is 11.3. The fourth-order valence-corrected chi connectivity index (χ4v) is 1.81. The third-order valence-electron chi connectivity index (χ3n) is 2.69. The van der Waals surface area contributed by atoms with E-state index < -0.39 is 0 Å². The van der Waals surface area contributed by atoms with E-state index in [1.165, 1.54) is 20.1 Å². The number of phenolic OH excluding ortho intramolecular Hbond substituents is 2. The number of carbonyl (C=O) groups excluding carboxylic acids is 1. The average molecular weight is 232 g/mol. The van der Waals surface area contributed by atoms with Crippen LogP contribution in [-0.4, -0.2) is 23.1 Å². The Morgan fingerprint density at radius 2 is 1.76 bits per heavy atom. The molecule has 0 bridgehead atoms. The average Bonchev–Trinajstić information content (AvgIpc) is 2.29. The molecule has 88 valence electrons. The van der Waals surface area contributed by atoms with Gasteiger partial charge in [0.2, 0.25) is 0 Å². The van der Waals surface area contributed by atoms with E-state index in [0.717, 1.165) is 0 Å². The molecule has 0 saturated carbocycles. The minimum Gasteiger partial charge on any atom is -0.506 e. The Bertz CT molecular complexity index is 602. The second-order valence-corrected chi connectivity index (χ2v) is 3.73. The molecule has 0 aromatic heterocycles. The topological polar surface area (TPSA) is 66.8 Å². The Balaban J connectivity index is 2.87. The van der Waals surface area contributed by atoms with Crippen LogP contribution in [0, 0.1) is 0 Å². The molecule has 2 aromatic rings. The quantitative estimate of drug-likeness (QED) is 0.780. The molecule has 2 N–H and O–H groups in total. The van der Waals surface area contributed by atoms with Crippen molar-refractivity contribution in [2.75, 3.05) is 7.11 Å². The molecule has 0 radical (unpaired) electrons. The molecule has 4 nitrogen and oxygen atoms in total. The maximum atomic E-state index is 11.3. The van der Waals surface area contributed by atoms with Crippen LogP contribution in [0.1, 0.15) is 17.3 Å². The fraction of sp³-hybridized carbons (Fsp3) is 0.154. The lowest BCUT2D eigenvalue weighted by Crippen LogP contribution is -1.93. The van der Waals surface area contributed by atoms with Crippen molar-refractivity contribution in [2.24, 2.45) is 0 Å². The molecule has 17 heavy (non-hydrogen) atoms. The zero-order valence-electron chi connectivity index (χ0n) is 9.52. The molecule has 0 aliphatic carbocycles. The molecule has 0 spiro atoms. The van der Waals surface area contributed by atoms with E-state index in [4.69, 9.17) is 4.74 Å². The minimum absolute atomic E-state index is 0.161. The van der Waals surface area contributed by atoms with Crippen LogP contribution in [0.4, 0.5) is 0 Å². The highest BCUT2D eigenvalue weighted by molar-refractivity contribution is 6.05. The predicted octanol–water partition coefficient (Wildman–Crippen LogP) is 2.46. The van der Waals surface area contributed by atoms with Gasteiger partial charge in [-0.15, -0.1) is 0 Å². The first-order valence-corrected chi connectivity index (χ1v) is 5.09. The van der Waals surface area contributed by atoms with E-state index in [1.807, 2.05) is 0 Å². The number of fused-ring (bicyclic) bond motifs is 1. The van der Waals surface area contributed by atoms with E-state index in [1.54, 1.807) is 18.2 Å². The number of benzene rings is 2. The first-order valence-electron chi connectivity index (χ1n) is 5.09. The zero-order chi connectivity index (χ0) is 12.6. The van der Waals surface area contributed by atoms with Crippen molar-refractivity contribution in [3.63, 3.8) is 0 Å². The summed E-state index contributed by atoms with van der Waals surface area (Å²) < 4.78 is 4.96. The molecule has 0 amide bonds. The Morgan fingerprint density at radius 1 is 1.12 bits per heavy atom. The number of ketones is 1. The molecule has 2 aromatic carbocycles. The lowest BCUT2D eigenvalue weighted by atomic mass is 10.0. The molecule has 0 atom stereocenters. The first-order chi connectivity index (χ1) is 8.06. The van der Waals surface area contributed by atoms with Gasteiger partial charge in [-0.05, 0) is 24.4 Å². The molecule has 0 fully saturated rings. The highest BCUT2D eigenvalue weighted by Gasteiger charge is 2.15. The lowest BCUT2D eigenvalue weighted by molar-refractivity contribution is 0.101. The van der Waals surface area contributed by atoms with Crippen molar-refractivity contribution in [1.29, 1.82) is 0 Å². The molecule has 4 heteroatoms. The van der Waals surface area contributed by atoms with Crippen LogP contribution in [0.5, 0.6) is 17.2 Å². The van der Waals surface area contributed by atoms with Crippen molar-refractivity contribution in [3.8, 4) is 17.2 Å². The number of rotatable bonds is 2. The van der Waals surface area contributed by atoms with Crippen molar-refractivity contribution in [3.05, 3.63) is 29.8 Å². The van der Waals surface area contributed by atoms with Gasteiger partial charge in [0.25, 0.3) is 0 Å². The van der Waals surface area contributed by atoms with Crippen LogP contribution < -0.4 is 4.74 Å². The van der Waals surface area contributed by atoms with Crippen LogP contribution in [0.25, 0.3) is 10.8 Å². The minimum atomic E-state index is -0.258. The second kappa shape index (κ2) is 3.97. The molecule has 0 unspecified atom stereocenters. The summed E-state index contributed by atoms with van der Waals surface area (Å²) in [5.41, 5.74) is 0.182. The van der Waals surface area contributed by atoms with Gasteiger partial charge in [0.05, 0.1) is 18.1 Å². The molecule has 0 heterocycles. The zero-order valence-corrected chi connectivity index (χ0v) is 9.52. The normalized spacial score (nSPS) is 10.5. The van der Waals surface area contributed by atoms with E-state index >= 15 is 0 Å². The van der Waals surface area contributed by atoms with Crippen LogP contribution in [0.2, 0.25) is 0 Å². The van der Waals surface area contributed by atoms with Crippen molar-refractivity contribution in [2.45, 2.75) is 6.92 Å². The van der Waals surface area contributed by atoms with E-state index in [2.05, 4.69) is 0 Å². The SMILES string of the molecule is COc1ccc2ccc(C(C)=O)c(O)c2c1O. The fourth-order valence-electron chi connectivity index (χ4n) is 1.81. The summed E-state index contributed by atoms with van der Waals surface area (Å²) >= 11 is 0. The van der Waals surface area contributed by atoms with Gasteiger partial charge in [-0.2, -0.15) is 0 Å². The van der Waals surface area contributed by atoms with Gasteiger partial charge < -0.3 is 14.9 Å². The summed E-state index contributed by atoms with van der Waals surface area (Å²) in [6.45, 7) is 1.36. The third-order valence-corrected chi connectivity index (χ3v) is 2.69. The van der Waals surface area contributed by atoms with E-state index in [-0.39, 0.29) is 34.0 Å². The predicted molar refractivity (Wildman–Crippen MR) is 63.8 cm³/mol. The van der Waals surface area contributed by atoms with Crippen LogP contribution >= 0.6 is 0 Å². The number of ether oxygens (including phenoxy) is 1. The highest BCUT2D eigenvalue weighted by Crippen LogP contribution is 2.40. The maximum Gasteiger partial charge on any atom is 0.169 e. The van der Waals surface area contributed by atoms with Crippen LogP contribution in [0.15, 0.2) is 24.3 Å². The number of hydrogen-bond donors (Lipinski definition) is 2. The smallest absolute Gasteiger partial charge is 0.169 e. The number of phenols is 2. The van der Waals surface area contributed by atoms with Gasteiger partial charge in [0.15, 0.2) is 17.3 Å².